The average Bonchev–Trinajstić information content (AvgIpc) is 3.00. The number of aromatic nitrogens is 1. The van der Waals surface area contributed by atoms with Crippen molar-refractivity contribution in [2.75, 3.05) is 18.0 Å². The van der Waals surface area contributed by atoms with Crippen molar-refractivity contribution in [3.05, 3.63) is 35.2 Å². The molecule has 0 fully saturated rings. The van der Waals surface area contributed by atoms with Crippen molar-refractivity contribution in [2.24, 2.45) is 5.18 Å². The Balaban J connectivity index is 2.29. The van der Waals surface area contributed by atoms with Crippen LogP contribution in [0.1, 0.15) is 39.5 Å². The standard InChI is InChI=1S/C17H23N3OS/c1-3-5-12-20(13-6-4-2)17-18-15(16(19-21)22-17)14-10-8-7-9-11-14/h7-11H,3-6,12-13H2,1-2H3. The predicted molar refractivity (Wildman–Crippen MR) is 95.0 cm³/mol. The SMILES string of the molecule is CCCCN(CCCC)c1nc(-c2ccccc2)c(N=O)s1. The number of anilines is 1. The van der Waals surface area contributed by atoms with Gasteiger partial charge in [-0.1, -0.05) is 68.4 Å². The van der Waals surface area contributed by atoms with E-state index in [1.165, 1.54) is 11.3 Å². The third-order valence-electron chi connectivity index (χ3n) is 3.56. The third kappa shape index (κ3) is 4.13. The Hall–Kier alpha value is -1.75. The van der Waals surface area contributed by atoms with Crippen molar-refractivity contribution in [1.82, 2.24) is 4.98 Å². The summed E-state index contributed by atoms with van der Waals surface area (Å²) in [6.07, 6.45) is 4.57. The van der Waals surface area contributed by atoms with E-state index >= 15 is 0 Å². The monoisotopic (exact) mass is 317 g/mol. The molecule has 2 aromatic rings. The molecule has 0 saturated carbocycles. The first-order valence-electron chi connectivity index (χ1n) is 7.94. The summed E-state index contributed by atoms with van der Waals surface area (Å²) in [5.41, 5.74) is 1.65. The van der Waals surface area contributed by atoms with E-state index < -0.39 is 0 Å². The van der Waals surface area contributed by atoms with Gasteiger partial charge in [-0.3, -0.25) is 0 Å². The fraction of sp³-hybridized carbons (Fsp3) is 0.471. The van der Waals surface area contributed by atoms with E-state index in [1.54, 1.807) is 0 Å². The van der Waals surface area contributed by atoms with Gasteiger partial charge in [0.2, 0.25) is 0 Å². The Morgan fingerprint density at radius 2 is 1.73 bits per heavy atom. The molecule has 0 spiro atoms. The molecule has 1 heterocycles. The number of unbranched alkanes of at least 4 members (excludes halogenated alkanes) is 2. The van der Waals surface area contributed by atoms with Crippen molar-refractivity contribution in [3.8, 4) is 11.3 Å². The second-order valence-electron chi connectivity index (χ2n) is 5.30. The van der Waals surface area contributed by atoms with E-state index in [0.29, 0.717) is 10.7 Å². The predicted octanol–water partition coefficient (Wildman–Crippen LogP) is 5.61. The minimum Gasteiger partial charge on any atom is -0.348 e. The Morgan fingerprint density at radius 1 is 1.09 bits per heavy atom. The Morgan fingerprint density at radius 3 is 2.27 bits per heavy atom. The normalized spacial score (nSPS) is 10.6. The van der Waals surface area contributed by atoms with Crippen molar-refractivity contribution >= 4 is 21.5 Å². The minimum atomic E-state index is 0.471. The van der Waals surface area contributed by atoms with Crippen LogP contribution in [0.3, 0.4) is 0 Å². The smallest absolute Gasteiger partial charge is 0.190 e. The van der Waals surface area contributed by atoms with Crippen LogP contribution >= 0.6 is 11.3 Å². The lowest BCUT2D eigenvalue weighted by atomic mass is 10.2. The Labute approximate surface area is 136 Å². The van der Waals surface area contributed by atoms with Crippen molar-refractivity contribution in [3.63, 3.8) is 0 Å². The highest BCUT2D eigenvalue weighted by Gasteiger charge is 2.17. The fourth-order valence-electron chi connectivity index (χ4n) is 2.28. The highest BCUT2D eigenvalue weighted by Crippen LogP contribution is 2.39. The summed E-state index contributed by atoms with van der Waals surface area (Å²) < 4.78 is 0. The molecule has 1 aromatic heterocycles. The molecular weight excluding hydrogens is 294 g/mol. The van der Waals surface area contributed by atoms with E-state index in [4.69, 9.17) is 4.98 Å². The zero-order chi connectivity index (χ0) is 15.8. The van der Waals surface area contributed by atoms with Crippen LogP contribution in [0.2, 0.25) is 0 Å². The second kappa shape index (κ2) is 8.63. The molecule has 0 atom stereocenters. The van der Waals surface area contributed by atoms with Gasteiger partial charge in [-0.25, -0.2) is 4.98 Å². The van der Waals surface area contributed by atoms with Gasteiger partial charge in [-0.15, -0.1) is 4.91 Å². The van der Waals surface area contributed by atoms with Crippen LogP contribution < -0.4 is 4.90 Å². The topological polar surface area (TPSA) is 45.6 Å². The number of thiazole rings is 1. The van der Waals surface area contributed by atoms with Crippen LogP contribution in [0.15, 0.2) is 35.5 Å². The largest absolute Gasteiger partial charge is 0.348 e. The molecule has 0 saturated heterocycles. The van der Waals surface area contributed by atoms with Crippen LogP contribution in [0, 0.1) is 4.91 Å². The molecular formula is C17H23N3OS. The quantitative estimate of drug-likeness (QED) is 0.564. The van der Waals surface area contributed by atoms with Gasteiger partial charge in [0.1, 0.15) is 5.69 Å². The number of hydrogen-bond acceptors (Lipinski definition) is 5. The zero-order valence-corrected chi connectivity index (χ0v) is 14.1. The highest BCUT2D eigenvalue weighted by atomic mass is 32.1. The number of nitroso groups, excluding NO2 is 1. The number of rotatable bonds is 9. The minimum absolute atomic E-state index is 0.471. The first kappa shape index (κ1) is 16.6. The molecule has 118 valence electrons. The first-order valence-corrected chi connectivity index (χ1v) is 8.76. The fourth-order valence-corrected chi connectivity index (χ4v) is 3.20. The highest BCUT2D eigenvalue weighted by molar-refractivity contribution is 7.19. The molecule has 0 N–H and O–H groups in total. The zero-order valence-electron chi connectivity index (χ0n) is 13.3. The van der Waals surface area contributed by atoms with Crippen molar-refractivity contribution < 1.29 is 0 Å². The van der Waals surface area contributed by atoms with Crippen molar-refractivity contribution in [1.29, 1.82) is 0 Å². The number of hydrogen-bond donors (Lipinski definition) is 0. The lowest BCUT2D eigenvalue weighted by molar-refractivity contribution is 0.676. The molecule has 5 heteroatoms. The molecule has 0 bridgehead atoms. The van der Waals surface area contributed by atoms with Gasteiger partial charge in [0.05, 0.1) is 0 Å². The molecule has 0 unspecified atom stereocenters. The lowest BCUT2D eigenvalue weighted by Gasteiger charge is -2.21. The maximum Gasteiger partial charge on any atom is 0.190 e. The summed E-state index contributed by atoms with van der Waals surface area (Å²) >= 11 is 1.40. The van der Waals surface area contributed by atoms with E-state index in [2.05, 4.69) is 23.9 Å². The summed E-state index contributed by atoms with van der Waals surface area (Å²) in [4.78, 5) is 18.2. The van der Waals surface area contributed by atoms with Gasteiger partial charge in [0.25, 0.3) is 0 Å². The molecule has 2 rings (SSSR count). The Kier molecular flexibility index (Phi) is 6.52. The van der Waals surface area contributed by atoms with E-state index in [9.17, 15) is 4.91 Å². The third-order valence-corrected chi connectivity index (χ3v) is 4.56. The maximum absolute atomic E-state index is 11.2. The summed E-state index contributed by atoms with van der Waals surface area (Å²) in [7, 11) is 0. The molecule has 0 amide bonds. The maximum atomic E-state index is 11.2. The molecule has 1 aromatic carbocycles. The molecule has 0 aliphatic heterocycles. The summed E-state index contributed by atoms with van der Waals surface area (Å²) in [5.74, 6) is 0. The average molecular weight is 317 g/mol. The molecule has 0 aliphatic rings. The molecule has 4 nitrogen and oxygen atoms in total. The molecule has 0 aliphatic carbocycles. The van der Waals surface area contributed by atoms with Gasteiger partial charge in [0, 0.05) is 18.7 Å². The first-order chi connectivity index (χ1) is 10.8. The van der Waals surface area contributed by atoms with Gasteiger partial charge in [-0.2, -0.15) is 0 Å². The van der Waals surface area contributed by atoms with Gasteiger partial charge < -0.3 is 4.90 Å². The second-order valence-corrected chi connectivity index (χ2v) is 6.26. The number of benzene rings is 1. The summed E-state index contributed by atoms with van der Waals surface area (Å²) in [6, 6.07) is 9.80. The van der Waals surface area contributed by atoms with E-state index in [1.807, 2.05) is 30.3 Å². The van der Waals surface area contributed by atoms with Crippen LogP contribution in [0.4, 0.5) is 10.1 Å². The van der Waals surface area contributed by atoms with Gasteiger partial charge in [-0.05, 0) is 18.0 Å². The van der Waals surface area contributed by atoms with Crippen LogP contribution in [-0.4, -0.2) is 18.1 Å². The summed E-state index contributed by atoms with van der Waals surface area (Å²) in [6.45, 7) is 6.34. The van der Waals surface area contributed by atoms with Crippen LogP contribution in [-0.2, 0) is 0 Å². The summed E-state index contributed by atoms with van der Waals surface area (Å²) in [5, 5.41) is 4.57. The van der Waals surface area contributed by atoms with Gasteiger partial charge >= 0.3 is 0 Å². The van der Waals surface area contributed by atoms with Crippen molar-refractivity contribution in [2.45, 2.75) is 39.5 Å². The van der Waals surface area contributed by atoms with Crippen LogP contribution in [0.5, 0.6) is 0 Å². The van der Waals surface area contributed by atoms with E-state index in [0.717, 1.165) is 49.5 Å². The van der Waals surface area contributed by atoms with Crippen LogP contribution in [0.25, 0.3) is 11.3 Å². The van der Waals surface area contributed by atoms with E-state index in [-0.39, 0.29) is 0 Å². The number of nitrogens with zero attached hydrogens (tertiary/aromatic N) is 3. The molecule has 22 heavy (non-hydrogen) atoms. The van der Waals surface area contributed by atoms with Gasteiger partial charge in [0.15, 0.2) is 10.1 Å². The molecule has 0 radical (unpaired) electrons. The lowest BCUT2D eigenvalue weighted by Crippen LogP contribution is -2.25. The Bertz CT molecular complexity index is 575.